The fourth-order valence-electron chi connectivity index (χ4n) is 2.28. The van der Waals surface area contributed by atoms with E-state index in [9.17, 15) is 18.3 Å². The van der Waals surface area contributed by atoms with Gasteiger partial charge in [-0.1, -0.05) is 0 Å². The van der Waals surface area contributed by atoms with Crippen molar-refractivity contribution in [3.63, 3.8) is 0 Å². The number of benzene rings is 1. The van der Waals surface area contributed by atoms with Gasteiger partial charge in [0.25, 0.3) is 0 Å². The predicted octanol–water partition coefficient (Wildman–Crippen LogP) is 1.61. The fourth-order valence-corrected chi connectivity index (χ4v) is 2.28. The second-order valence-corrected chi connectivity index (χ2v) is 4.47. The molecule has 7 heteroatoms. The molecule has 1 aliphatic rings. The van der Waals surface area contributed by atoms with Gasteiger partial charge in [-0.25, -0.2) is 0 Å². The summed E-state index contributed by atoms with van der Waals surface area (Å²) in [6.45, 7) is 1.46. The molecule has 0 saturated carbocycles. The third kappa shape index (κ3) is 3.10. The van der Waals surface area contributed by atoms with Gasteiger partial charge in [-0.2, -0.15) is 13.2 Å². The first kappa shape index (κ1) is 14.0. The molecule has 19 heavy (non-hydrogen) atoms. The van der Waals surface area contributed by atoms with E-state index < -0.39 is 18.0 Å². The van der Waals surface area contributed by atoms with Crippen LogP contribution < -0.4 is 5.32 Å². The van der Waals surface area contributed by atoms with Crippen molar-refractivity contribution in [2.24, 2.45) is 0 Å². The Bertz CT molecular complexity index is 445. The summed E-state index contributed by atoms with van der Waals surface area (Å²) in [5.74, 6) is -0.802. The number of alkyl halides is 3. The second-order valence-electron chi connectivity index (χ2n) is 4.47. The Morgan fingerprint density at radius 1 is 1.16 bits per heavy atom. The third-order valence-electron chi connectivity index (χ3n) is 3.14. The normalized spacial score (nSPS) is 19.3. The number of nitrogens with zero attached hydrogens (tertiary/aromatic N) is 1. The van der Waals surface area contributed by atoms with Crippen molar-refractivity contribution in [3.8, 4) is 11.5 Å². The predicted molar refractivity (Wildman–Crippen MR) is 63.0 cm³/mol. The first-order valence-electron chi connectivity index (χ1n) is 5.93. The molecular weight excluding hydrogens is 261 g/mol. The Morgan fingerprint density at radius 2 is 1.79 bits per heavy atom. The molecule has 0 aromatic heterocycles. The molecular formula is C12H15F3N2O2. The highest BCUT2D eigenvalue weighted by molar-refractivity contribution is 5.41. The molecule has 1 heterocycles. The standard InChI is InChI=1S/C12H15F3N2O2/c13-12(14,15)11(17-5-3-16-4-6-17)9-2-1-8(18)7-10(9)19/h1-2,7,11,16,18-19H,3-6H2/t11-/m0/s1. The van der Waals surface area contributed by atoms with Gasteiger partial charge in [0.2, 0.25) is 0 Å². The number of phenolic OH excluding ortho intramolecular Hbond substituents is 2. The van der Waals surface area contributed by atoms with Crippen LogP contribution in [-0.4, -0.2) is 47.5 Å². The average molecular weight is 276 g/mol. The maximum atomic E-state index is 13.2. The molecule has 0 radical (unpaired) electrons. The lowest BCUT2D eigenvalue weighted by Crippen LogP contribution is -2.49. The SMILES string of the molecule is Oc1ccc([C@H](N2CCNCC2)C(F)(F)F)c(O)c1. The summed E-state index contributed by atoms with van der Waals surface area (Å²) in [6.07, 6.45) is -4.48. The van der Waals surface area contributed by atoms with Gasteiger partial charge in [0, 0.05) is 37.8 Å². The maximum absolute atomic E-state index is 13.2. The van der Waals surface area contributed by atoms with E-state index in [1.165, 1.54) is 4.90 Å². The van der Waals surface area contributed by atoms with Crippen LogP contribution in [0.1, 0.15) is 11.6 Å². The van der Waals surface area contributed by atoms with Crippen LogP contribution in [0.2, 0.25) is 0 Å². The Balaban J connectivity index is 2.36. The van der Waals surface area contributed by atoms with Gasteiger partial charge >= 0.3 is 6.18 Å². The van der Waals surface area contributed by atoms with E-state index in [1.54, 1.807) is 0 Å². The van der Waals surface area contributed by atoms with Crippen molar-refractivity contribution in [2.75, 3.05) is 26.2 Å². The minimum atomic E-state index is -4.48. The van der Waals surface area contributed by atoms with Crippen molar-refractivity contribution in [1.82, 2.24) is 10.2 Å². The monoisotopic (exact) mass is 276 g/mol. The fraction of sp³-hybridized carbons (Fsp3) is 0.500. The van der Waals surface area contributed by atoms with E-state index in [2.05, 4.69) is 5.32 Å². The molecule has 106 valence electrons. The van der Waals surface area contributed by atoms with Crippen molar-refractivity contribution in [1.29, 1.82) is 0 Å². The minimum absolute atomic E-state index is 0.229. The lowest BCUT2D eigenvalue weighted by Gasteiger charge is -2.36. The average Bonchev–Trinajstić information content (AvgIpc) is 2.32. The number of piperazine rings is 1. The number of phenols is 2. The molecule has 1 saturated heterocycles. The molecule has 0 aliphatic carbocycles. The number of halogens is 3. The number of hydrogen-bond acceptors (Lipinski definition) is 4. The van der Waals surface area contributed by atoms with Gasteiger partial charge in [0.1, 0.15) is 17.5 Å². The van der Waals surface area contributed by atoms with Crippen LogP contribution in [0, 0.1) is 0 Å². The highest BCUT2D eigenvalue weighted by Crippen LogP contribution is 2.42. The topological polar surface area (TPSA) is 55.7 Å². The highest BCUT2D eigenvalue weighted by atomic mass is 19.4. The summed E-state index contributed by atoms with van der Waals surface area (Å²) < 4.78 is 39.7. The number of rotatable bonds is 2. The van der Waals surface area contributed by atoms with E-state index in [0.717, 1.165) is 18.2 Å². The van der Waals surface area contributed by atoms with E-state index in [0.29, 0.717) is 13.1 Å². The minimum Gasteiger partial charge on any atom is -0.508 e. The van der Waals surface area contributed by atoms with Crippen LogP contribution in [0.15, 0.2) is 18.2 Å². The van der Waals surface area contributed by atoms with E-state index in [1.807, 2.05) is 0 Å². The van der Waals surface area contributed by atoms with Crippen molar-refractivity contribution in [3.05, 3.63) is 23.8 Å². The summed E-state index contributed by atoms with van der Waals surface area (Å²) >= 11 is 0. The van der Waals surface area contributed by atoms with Gasteiger partial charge in [0.15, 0.2) is 0 Å². The number of nitrogens with one attached hydrogen (secondary N) is 1. The molecule has 4 nitrogen and oxygen atoms in total. The largest absolute Gasteiger partial charge is 0.508 e. The highest BCUT2D eigenvalue weighted by Gasteiger charge is 2.46. The summed E-state index contributed by atoms with van der Waals surface area (Å²) in [6, 6.07) is 1.34. The lowest BCUT2D eigenvalue weighted by molar-refractivity contribution is -0.188. The Morgan fingerprint density at radius 3 is 2.32 bits per heavy atom. The molecule has 0 unspecified atom stereocenters. The van der Waals surface area contributed by atoms with Crippen molar-refractivity contribution >= 4 is 0 Å². The van der Waals surface area contributed by atoms with Crippen LogP contribution in [0.5, 0.6) is 11.5 Å². The van der Waals surface area contributed by atoms with Crippen LogP contribution in [-0.2, 0) is 0 Å². The second kappa shape index (κ2) is 5.26. The molecule has 3 N–H and O–H groups in total. The Kier molecular flexibility index (Phi) is 3.86. The zero-order valence-corrected chi connectivity index (χ0v) is 10.1. The molecule has 1 fully saturated rings. The third-order valence-corrected chi connectivity index (χ3v) is 3.14. The molecule has 0 spiro atoms. The van der Waals surface area contributed by atoms with Gasteiger partial charge < -0.3 is 15.5 Å². The van der Waals surface area contributed by atoms with Gasteiger partial charge in [0.05, 0.1) is 0 Å². The van der Waals surface area contributed by atoms with Crippen LogP contribution in [0.25, 0.3) is 0 Å². The summed E-state index contributed by atoms with van der Waals surface area (Å²) in [4.78, 5) is 1.28. The molecule has 2 rings (SSSR count). The van der Waals surface area contributed by atoms with Crippen molar-refractivity contribution < 1.29 is 23.4 Å². The Labute approximate surface area is 108 Å². The molecule has 1 atom stereocenters. The molecule has 1 aromatic rings. The maximum Gasteiger partial charge on any atom is 0.408 e. The summed E-state index contributed by atoms with van der Waals surface area (Å²) in [7, 11) is 0. The van der Waals surface area contributed by atoms with E-state index in [4.69, 9.17) is 5.11 Å². The van der Waals surface area contributed by atoms with Crippen LogP contribution in [0.4, 0.5) is 13.2 Å². The first-order valence-corrected chi connectivity index (χ1v) is 5.93. The van der Waals surface area contributed by atoms with E-state index >= 15 is 0 Å². The molecule has 1 aliphatic heterocycles. The summed E-state index contributed by atoms with van der Waals surface area (Å²) in [5.41, 5.74) is -0.229. The number of hydrogen-bond donors (Lipinski definition) is 3. The Hall–Kier alpha value is -1.47. The molecule has 1 aromatic carbocycles. The van der Waals surface area contributed by atoms with E-state index in [-0.39, 0.29) is 24.4 Å². The van der Waals surface area contributed by atoms with Crippen molar-refractivity contribution in [2.45, 2.75) is 12.2 Å². The zero-order chi connectivity index (χ0) is 14.0. The van der Waals surface area contributed by atoms with Gasteiger partial charge in [-0.05, 0) is 12.1 Å². The molecule has 0 bridgehead atoms. The smallest absolute Gasteiger partial charge is 0.408 e. The van der Waals surface area contributed by atoms with Gasteiger partial charge in [-0.3, -0.25) is 4.90 Å². The first-order chi connectivity index (χ1) is 8.89. The van der Waals surface area contributed by atoms with Gasteiger partial charge in [-0.15, -0.1) is 0 Å². The number of aromatic hydroxyl groups is 2. The van der Waals surface area contributed by atoms with Crippen LogP contribution in [0.3, 0.4) is 0 Å². The lowest BCUT2D eigenvalue weighted by atomic mass is 10.0. The van der Waals surface area contributed by atoms with Crippen LogP contribution >= 0.6 is 0 Å². The molecule has 0 amide bonds. The quantitative estimate of drug-likeness (QED) is 0.768. The summed E-state index contributed by atoms with van der Waals surface area (Å²) in [5, 5.41) is 21.8. The zero-order valence-electron chi connectivity index (χ0n) is 10.1.